The summed E-state index contributed by atoms with van der Waals surface area (Å²) < 4.78 is 3.07. The molecule has 2 aromatic rings. The number of aliphatic hydroxyl groups excluding tert-OH is 1. The van der Waals surface area contributed by atoms with Crippen LogP contribution in [0.3, 0.4) is 0 Å². The van der Waals surface area contributed by atoms with Gasteiger partial charge in [0.2, 0.25) is 0 Å². The van der Waals surface area contributed by atoms with Crippen molar-refractivity contribution in [2.75, 3.05) is 0 Å². The first-order valence-electron chi connectivity index (χ1n) is 4.12. The number of aliphatic hydroxyl groups is 1. The molecular weight excluding hydrogens is 264 g/mol. The number of hydrogen-bond acceptors (Lipinski definition) is 3. The van der Waals surface area contributed by atoms with Gasteiger partial charge in [-0.1, -0.05) is 0 Å². The number of nitrogens with zero attached hydrogens (tertiary/aromatic N) is 2. The van der Waals surface area contributed by atoms with Crippen molar-refractivity contribution in [3.05, 3.63) is 39.0 Å². The average Bonchev–Trinajstić information content (AvgIpc) is 2.76. The zero-order valence-electron chi connectivity index (χ0n) is 7.35. The van der Waals surface area contributed by atoms with E-state index in [-0.39, 0.29) is 6.61 Å². The van der Waals surface area contributed by atoms with Crippen LogP contribution in [0.5, 0.6) is 0 Å². The van der Waals surface area contributed by atoms with E-state index in [4.69, 9.17) is 5.11 Å². The van der Waals surface area contributed by atoms with Gasteiger partial charge in [-0.05, 0) is 22.0 Å². The second kappa shape index (κ2) is 4.25. The van der Waals surface area contributed by atoms with Gasteiger partial charge in [-0.15, -0.1) is 11.3 Å². The van der Waals surface area contributed by atoms with Crippen molar-refractivity contribution in [2.24, 2.45) is 0 Å². The molecule has 0 fully saturated rings. The summed E-state index contributed by atoms with van der Waals surface area (Å²) in [7, 11) is 0. The Balaban J connectivity index is 2.10. The molecule has 0 radical (unpaired) electrons. The summed E-state index contributed by atoms with van der Waals surface area (Å²) in [6, 6.07) is 2.09. The molecule has 2 aromatic heterocycles. The van der Waals surface area contributed by atoms with E-state index >= 15 is 0 Å². The fraction of sp³-hybridized carbons (Fsp3) is 0.222. The first kappa shape index (κ1) is 9.89. The standard InChI is InChI=1S/C9H9BrN2OS/c10-7-1-9(14-5-7)3-12-2-8(4-13)11-6-12/h1-2,5-6,13H,3-4H2. The van der Waals surface area contributed by atoms with Crippen molar-refractivity contribution in [2.45, 2.75) is 13.2 Å². The summed E-state index contributed by atoms with van der Waals surface area (Å²) in [5, 5.41) is 10.9. The number of thiophene rings is 1. The Kier molecular flexibility index (Phi) is 3.00. The van der Waals surface area contributed by atoms with E-state index in [1.54, 1.807) is 17.7 Å². The van der Waals surface area contributed by atoms with Crippen molar-refractivity contribution in [1.82, 2.24) is 9.55 Å². The molecule has 3 nitrogen and oxygen atoms in total. The molecule has 0 bridgehead atoms. The van der Waals surface area contributed by atoms with Gasteiger partial charge in [0, 0.05) is 20.9 Å². The van der Waals surface area contributed by atoms with E-state index in [9.17, 15) is 0 Å². The lowest BCUT2D eigenvalue weighted by molar-refractivity contribution is 0.277. The summed E-state index contributed by atoms with van der Waals surface area (Å²) in [5.74, 6) is 0. The van der Waals surface area contributed by atoms with Crippen molar-refractivity contribution in [1.29, 1.82) is 0 Å². The van der Waals surface area contributed by atoms with E-state index in [0.29, 0.717) is 5.69 Å². The highest BCUT2D eigenvalue weighted by atomic mass is 79.9. The quantitative estimate of drug-likeness (QED) is 0.931. The second-order valence-electron chi connectivity index (χ2n) is 2.93. The van der Waals surface area contributed by atoms with Crippen LogP contribution in [0.15, 0.2) is 28.4 Å². The van der Waals surface area contributed by atoms with Gasteiger partial charge in [0.25, 0.3) is 0 Å². The van der Waals surface area contributed by atoms with Gasteiger partial charge < -0.3 is 9.67 Å². The van der Waals surface area contributed by atoms with Crippen LogP contribution >= 0.6 is 27.3 Å². The maximum atomic E-state index is 8.84. The normalized spacial score (nSPS) is 10.7. The van der Waals surface area contributed by atoms with E-state index < -0.39 is 0 Å². The van der Waals surface area contributed by atoms with Crippen LogP contribution in [0.25, 0.3) is 0 Å². The minimum absolute atomic E-state index is 0.00113. The molecule has 0 aromatic carbocycles. The maximum absolute atomic E-state index is 8.84. The fourth-order valence-corrected chi connectivity index (χ4v) is 2.65. The number of imidazole rings is 1. The predicted molar refractivity (Wildman–Crippen MR) is 59.3 cm³/mol. The molecule has 0 aliphatic carbocycles. The molecule has 0 unspecified atom stereocenters. The third-order valence-electron chi connectivity index (χ3n) is 1.81. The number of halogens is 1. The number of aromatic nitrogens is 2. The molecular formula is C9H9BrN2OS. The zero-order valence-corrected chi connectivity index (χ0v) is 9.75. The van der Waals surface area contributed by atoms with Crippen LogP contribution in [0.1, 0.15) is 10.6 Å². The summed E-state index contributed by atoms with van der Waals surface area (Å²) in [6.45, 7) is 0.810. The smallest absolute Gasteiger partial charge is 0.0953 e. The molecule has 0 aliphatic rings. The highest BCUT2D eigenvalue weighted by Gasteiger charge is 2.00. The first-order chi connectivity index (χ1) is 6.78. The first-order valence-corrected chi connectivity index (χ1v) is 5.79. The highest BCUT2D eigenvalue weighted by molar-refractivity contribution is 9.10. The summed E-state index contributed by atoms with van der Waals surface area (Å²) in [4.78, 5) is 5.31. The van der Waals surface area contributed by atoms with Crippen LogP contribution in [0, 0.1) is 0 Å². The van der Waals surface area contributed by atoms with E-state index in [1.807, 2.05) is 10.8 Å². The molecule has 2 rings (SSSR count). The van der Waals surface area contributed by atoms with E-state index in [2.05, 4.69) is 32.4 Å². The molecule has 5 heteroatoms. The summed E-state index contributed by atoms with van der Waals surface area (Å²) in [5.41, 5.74) is 0.709. The van der Waals surface area contributed by atoms with Crippen LogP contribution in [0.2, 0.25) is 0 Å². The second-order valence-corrected chi connectivity index (χ2v) is 4.84. The Morgan fingerprint density at radius 3 is 3.00 bits per heavy atom. The lowest BCUT2D eigenvalue weighted by atomic mass is 10.4. The molecule has 74 valence electrons. The van der Waals surface area contributed by atoms with Gasteiger partial charge in [-0.2, -0.15) is 0 Å². The van der Waals surface area contributed by atoms with Crippen LogP contribution in [-0.2, 0) is 13.2 Å². The lowest BCUT2D eigenvalue weighted by Crippen LogP contribution is -1.93. The molecule has 0 atom stereocenters. The van der Waals surface area contributed by atoms with Crippen LogP contribution < -0.4 is 0 Å². The zero-order chi connectivity index (χ0) is 9.97. The Bertz CT molecular complexity index is 424. The molecule has 0 spiro atoms. The minimum atomic E-state index is 0.00113. The van der Waals surface area contributed by atoms with E-state index in [0.717, 1.165) is 11.0 Å². The van der Waals surface area contributed by atoms with E-state index in [1.165, 1.54) is 4.88 Å². The fourth-order valence-electron chi connectivity index (χ4n) is 1.19. The maximum Gasteiger partial charge on any atom is 0.0953 e. The van der Waals surface area contributed by atoms with Gasteiger partial charge in [-0.25, -0.2) is 4.98 Å². The molecule has 14 heavy (non-hydrogen) atoms. The molecule has 2 heterocycles. The Hall–Kier alpha value is -0.650. The SMILES string of the molecule is OCc1cn(Cc2cc(Br)cs2)cn1. The topological polar surface area (TPSA) is 38.0 Å². The largest absolute Gasteiger partial charge is 0.390 e. The molecule has 0 aliphatic heterocycles. The number of rotatable bonds is 3. The van der Waals surface area contributed by atoms with Gasteiger partial charge >= 0.3 is 0 Å². The third-order valence-corrected chi connectivity index (χ3v) is 3.49. The van der Waals surface area contributed by atoms with Gasteiger partial charge in [0.05, 0.1) is 25.2 Å². The molecule has 1 N–H and O–H groups in total. The van der Waals surface area contributed by atoms with Crippen LogP contribution in [0.4, 0.5) is 0 Å². The molecule has 0 amide bonds. The lowest BCUT2D eigenvalue weighted by Gasteiger charge is -1.96. The van der Waals surface area contributed by atoms with Crippen molar-refractivity contribution < 1.29 is 5.11 Å². The number of hydrogen-bond donors (Lipinski definition) is 1. The van der Waals surface area contributed by atoms with Crippen molar-refractivity contribution >= 4 is 27.3 Å². The minimum Gasteiger partial charge on any atom is -0.390 e. The molecule has 0 saturated carbocycles. The van der Waals surface area contributed by atoms with Gasteiger partial charge in [-0.3, -0.25) is 0 Å². The van der Waals surface area contributed by atoms with Gasteiger partial charge in [0.1, 0.15) is 0 Å². The summed E-state index contributed by atoms with van der Waals surface area (Å²) in [6.07, 6.45) is 3.59. The summed E-state index contributed by atoms with van der Waals surface area (Å²) >= 11 is 5.11. The van der Waals surface area contributed by atoms with Gasteiger partial charge in [0.15, 0.2) is 0 Å². The Morgan fingerprint density at radius 2 is 2.43 bits per heavy atom. The average molecular weight is 273 g/mol. The van der Waals surface area contributed by atoms with Crippen molar-refractivity contribution in [3.63, 3.8) is 0 Å². The third kappa shape index (κ3) is 2.23. The van der Waals surface area contributed by atoms with Crippen LogP contribution in [-0.4, -0.2) is 14.7 Å². The molecule has 0 saturated heterocycles. The highest BCUT2D eigenvalue weighted by Crippen LogP contribution is 2.20. The predicted octanol–water partition coefficient (Wildman–Crippen LogP) is 2.25. The Labute approximate surface area is 94.2 Å². The van der Waals surface area contributed by atoms with Crippen molar-refractivity contribution in [3.8, 4) is 0 Å². The monoisotopic (exact) mass is 272 g/mol. The Morgan fingerprint density at radius 1 is 1.57 bits per heavy atom.